The molecule has 0 radical (unpaired) electrons. The van der Waals surface area contributed by atoms with E-state index in [2.05, 4.69) is 18.6 Å². The van der Waals surface area contributed by atoms with Crippen molar-refractivity contribution in [2.45, 2.75) is 31.6 Å². The number of sulfonamides is 1. The first-order chi connectivity index (χ1) is 12.7. The molecule has 9 heteroatoms. The molecule has 0 saturated carbocycles. The van der Waals surface area contributed by atoms with Crippen LogP contribution in [0, 0.1) is 11.8 Å². The van der Waals surface area contributed by atoms with E-state index in [1.807, 2.05) is 0 Å². The van der Waals surface area contributed by atoms with Gasteiger partial charge in [-0.2, -0.15) is 0 Å². The van der Waals surface area contributed by atoms with Gasteiger partial charge in [-0.1, -0.05) is 25.4 Å². The van der Waals surface area contributed by atoms with Gasteiger partial charge in [0.05, 0.1) is 11.3 Å². The zero-order chi connectivity index (χ0) is 20.0. The number of esters is 1. The largest absolute Gasteiger partial charge is 0.456 e. The molecule has 1 amide bonds. The van der Waals surface area contributed by atoms with Gasteiger partial charge in [0.2, 0.25) is 10.0 Å². The highest BCUT2D eigenvalue weighted by Crippen LogP contribution is 2.21. The number of amides is 1. The molecule has 1 saturated heterocycles. The summed E-state index contributed by atoms with van der Waals surface area (Å²) in [7, 11) is -3.72. The average Bonchev–Trinajstić information content (AvgIpc) is 2.59. The monoisotopic (exact) mass is 416 g/mol. The fourth-order valence-corrected chi connectivity index (χ4v) is 4.31. The molecule has 0 unspecified atom stereocenters. The number of carbonyl (C=O) groups is 2. The summed E-state index contributed by atoms with van der Waals surface area (Å²) in [5, 5.41) is 0.430. The van der Waals surface area contributed by atoms with Crippen LogP contribution in [0.5, 0.6) is 0 Å². The highest BCUT2D eigenvalue weighted by Gasteiger charge is 2.26. The van der Waals surface area contributed by atoms with E-state index < -0.39 is 16.0 Å². The Morgan fingerprint density at radius 3 is 2.37 bits per heavy atom. The molecule has 1 aliphatic heterocycles. The maximum atomic E-state index is 12.2. The number of piperidine rings is 1. The first kappa shape index (κ1) is 21.7. The van der Waals surface area contributed by atoms with Crippen LogP contribution in [0.2, 0.25) is 5.02 Å². The van der Waals surface area contributed by atoms with Crippen LogP contribution in [0.25, 0.3) is 0 Å². The van der Waals surface area contributed by atoms with Crippen molar-refractivity contribution in [2.75, 3.05) is 26.2 Å². The highest BCUT2D eigenvalue weighted by molar-refractivity contribution is 7.89. The molecule has 0 aromatic heterocycles. The van der Waals surface area contributed by atoms with Gasteiger partial charge in [-0.25, -0.2) is 13.1 Å². The summed E-state index contributed by atoms with van der Waals surface area (Å²) >= 11 is 5.73. The van der Waals surface area contributed by atoms with Crippen molar-refractivity contribution in [2.24, 2.45) is 11.8 Å². The van der Waals surface area contributed by atoms with Gasteiger partial charge in [0.25, 0.3) is 5.91 Å². The maximum Gasteiger partial charge on any atom is 0.307 e. The molecular formula is C18H25ClN2O5S. The van der Waals surface area contributed by atoms with Crippen LogP contribution >= 0.6 is 11.6 Å². The average molecular weight is 417 g/mol. The Balaban J connectivity index is 1.73. The maximum absolute atomic E-state index is 12.2. The summed E-state index contributed by atoms with van der Waals surface area (Å²) in [6.07, 6.45) is 0.921. The van der Waals surface area contributed by atoms with E-state index in [4.69, 9.17) is 16.3 Å². The number of hydrogen-bond donors (Lipinski definition) is 1. The third kappa shape index (κ3) is 6.79. The van der Waals surface area contributed by atoms with Gasteiger partial charge in [-0.15, -0.1) is 0 Å². The molecule has 0 bridgehead atoms. The van der Waals surface area contributed by atoms with E-state index in [-0.39, 0.29) is 30.4 Å². The van der Waals surface area contributed by atoms with Crippen molar-refractivity contribution in [1.82, 2.24) is 9.62 Å². The number of ether oxygens (including phenoxy) is 1. The molecule has 1 aromatic rings. The molecule has 2 atom stereocenters. The Morgan fingerprint density at radius 1 is 1.19 bits per heavy atom. The van der Waals surface area contributed by atoms with Crippen LogP contribution < -0.4 is 4.72 Å². The number of nitrogens with one attached hydrogen (secondary N) is 1. The molecule has 1 aromatic carbocycles. The van der Waals surface area contributed by atoms with Crippen LogP contribution in [0.1, 0.15) is 26.7 Å². The van der Waals surface area contributed by atoms with E-state index in [1.165, 1.54) is 24.3 Å². The molecule has 2 rings (SSSR count). The standard InChI is InChI=1S/C18H25ClN2O5S/c1-13-9-14(2)11-21(10-13)17(22)12-26-18(23)7-8-20-27(24,25)16-5-3-15(19)4-6-16/h3-6,13-14,20H,7-12H2,1-2H3/t13-,14+. The number of likely N-dealkylation sites (tertiary alicyclic amines) is 1. The minimum Gasteiger partial charge on any atom is -0.456 e. The van der Waals surface area contributed by atoms with E-state index in [0.29, 0.717) is 29.9 Å². The Hall–Kier alpha value is -1.64. The van der Waals surface area contributed by atoms with Gasteiger partial charge >= 0.3 is 5.97 Å². The molecule has 27 heavy (non-hydrogen) atoms. The lowest BCUT2D eigenvalue weighted by Crippen LogP contribution is -2.44. The molecule has 150 valence electrons. The number of rotatable bonds is 7. The third-order valence-electron chi connectivity index (χ3n) is 4.32. The van der Waals surface area contributed by atoms with E-state index in [1.54, 1.807) is 4.90 Å². The third-order valence-corrected chi connectivity index (χ3v) is 6.05. The molecule has 7 nitrogen and oxygen atoms in total. The smallest absolute Gasteiger partial charge is 0.307 e. The van der Waals surface area contributed by atoms with Crippen molar-refractivity contribution in [1.29, 1.82) is 0 Å². The van der Waals surface area contributed by atoms with Gasteiger partial charge in [0.1, 0.15) is 0 Å². The minimum atomic E-state index is -3.72. The summed E-state index contributed by atoms with van der Waals surface area (Å²) in [5.74, 6) is 0.00936. The van der Waals surface area contributed by atoms with E-state index in [0.717, 1.165) is 6.42 Å². The molecule has 1 heterocycles. The fourth-order valence-electron chi connectivity index (χ4n) is 3.16. The summed E-state index contributed by atoms with van der Waals surface area (Å²) in [4.78, 5) is 25.7. The predicted molar refractivity (Wildman–Crippen MR) is 102 cm³/mol. The van der Waals surface area contributed by atoms with E-state index in [9.17, 15) is 18.0 Å². The lowest BCUT2D eigenvalue weighted by atomic mass is 9.92. The quantitative estimate of drug-likeness (QED) is 0.687. The van der Waals surface area contributed by atoms with Gasteiger partial charge in [0, 0.05) is 24.7 Å². The SMILES string of the molecule is C[C@@H]1C[C@H](C)CN(C(=O)COC(=O)CCNS(=O)(=O)c2ccc(Cl)cc2)C1. The predicted octanol–water partition coefficient (Wildman–Crippen LogP) is 2.06. The second kappa shape index (κ2) is 9.52. The van der Waals surface area contributed by atoms with Crippen molar-refractivity contribution in [3.8, 4) is 0 Å². The topological polar surface area (TPSA) is 92.8 Å². The summed E-state index contributed by atoms with van der Waals surface area (Å²) < 4.78 is 31.5. The van der Waals surface area contributed by atoms with Gasteiger partial charge in [0.15, 0.2) is 6.61 Å². The Morgan fingerprint density at radius 2 is 1.78 bits per heavy atom. The molecule has 1 aliphatic rings. The number of hydrogen-bond acceptors (Lipinski definition) is 5. The van der Waals surface area contributed by atoms with Crippen molar-refractivity contribution < 1.29 is 22.7 Å². The van der Waals surface area contributed by atoms with Crippen LogP contribution in [0.4, 0.5) is 0 Å². The summed E-state index contributed by atoms with van der Waals surface area (Å²) in [5.41, 5.74) is 0. The highest BCUT2D eigenvalue weighted by atomic mass is 35.5. The first-order valence-corrected chi connectivity index (χ1v) is 10.7. The molecule has 0 spiro atoms. The zero-order valence-electron chi connectivity index (χ0n) is 15.5. The zero-order valence-corrected chi connectivity index (χ0v) is 17.1. The molecule has 0 aliphatic carbocycles. The van der Waals surface area contributed by atoms with Gasteiger partial charge < -0.3 is 9.64 Å². The van der Waals surface area contributed by atoms with Crippen molar-refractivity contribution in [3.63, 3.8) is 0 Å². The van der Waals surface area contributed by atoms with Gasteiger partial charge in [-0.3, -0.25) is 9.59 Å². The minimum absolute atomic E-state index is 0.0591. The number of benzene rings is 1. The summed E-state index contributed by atoms with van der Waals surface area (Å²) in [6, 6.07) is 5.70. The Bertz CT molecular complexity index is 756. The summed E-state index contributed by atoms with van der Waals surface area (Å²) in [6.45, 7) is 5.09. The Kier molecular flexibility index (Phi) is 7.64. The van der Waals surface area contributed by atoms with Crippen LogP contribution in [-0.2, 0) is 24.3 Å². The molecular weight excluding hydrogens is 392 g/mol. The Labute approximate surface area is 165 Å². The second-order valence-corrected chi connectivity index (χ2v) is 9.21. The lowest BCUT2D eigenvalue weighted by molar-refractivity contribution is -0.153. The number of halogens is 1. The molecule has 1 fully saturated rings. The second-order valence-electron chi connectivity index (χ2n) is 7.01. The molecule has 1 N–H and O–H groups in total. The van der Waals surface area contributed by atoms with Crippen molar-refractivity contribution >= 4 is 33.5 Å². The van der Waals surface area contributed by atoms with Crippen molar-refractivity contribution in [3.05, 3.63) is 29.3 Å². The lowest BCUT2D eigenvalue weighted by Gasteiger charge is -2.34. The number of nitrogens with zero attached hydrogens (tertiary/aromatic N) is 1. The number of carbonyl (C=O) groups excluding carboxylic acids is 2. The van der Waals surface area contributed by atoms with E-state index >= 15 is 0 Å². The van der Waals surface area contributed by atoms with Crippen LogP contribution in [-0.4, -0.2) is 51.4 Å². The van der Waals surface area contributed by atoms with Crippen LogP contribution in [0.3, 0.4) is 0 Å². The van der Waals surface area contributed by atoms with Crippen LogP contribution in [0.15, 0.2) is 29.2 Å². The normalized spacial score (nSPS) is 20.3. The van der Waals surface area contributed by atoms with Gasteiger partial charge in [-0.05, 0) is 42.5 Å². The first-order valence-electron chi connectivity index (χ1n) is 8.86. The fraction of sp³-hybridized carbons (Fsp3) is 0.556.